The van der Waals surface area contributed by atoms with Crippen LogP contribution in [0.5, 0.6) is 0 Å². The molecule has 2 rings (SSSR count). The molecule has 1 unspecified atom stereocenters. The van der Waals surface area contributed by atoms with E-state index in [4.69, 9.17) is 0 Å². The minimum absolute atomic E-state index is 0.621. The smallest absolute Gasteiger partial charge is 0.0746 e. The topological polar surface area (TPSA) is 24.9 Å². The maximum Gasteiger partial charge on any atom is 0.0746 e. The Labute approximate surface area is 117 Å². The first-order chi connectivity index (χ1) is 8.81. The molecule has 2 aromatic rings. The van der Waals surface area contributed by atoms with Gasteiger partial charge in [-0.05, 0) is 31.0 Å². The number of pyridine rings is 1. The summed E-state index contributed by atoms with van der Waals surface area (Å²) in [5.74, 6) is 0. The van der Waals surface area contributed by atoms with E-state index in [9.17, 15) is 0 Å². The van der Waals surface area contributed by atoms with Crippen molar-refractivity contribution in [2.45, 2.75) is 31.1 Å². The Morgan fingerprint density at radius 2 is 2.11 bits per heavy atom. The van der Waals surface area contributed by atoms with Crippen LogP contribution in [0.2, 0.25) is 0 Å². The zero-order valence-corrected chi connectivity index (χ0v) is 12.3. The van der Waals surface area contributed by atoms with Gasteiger partial charge in [-0.15, -0.1) is 0 Å². The summed E-state index contributed by atoms with van der Waals surface area (Å²) < 4.78 is 0. The molecular weight excluding hydrogens is 288 g/mol. The Morgan fingerprint density at radius 1 is 1.28 bits per heavy atom. The van der Waals surface area contributed by atoms with Gasteiger partial charge in [0.1, 0.15) is 0 Å². The molecule has 0 aliphatic rings. The first kappa shape index (κ1) is 13.5. The predicted molar refractivity (Wildman–Crippen MR) is 81.1 cm³/mol. The Morgan fingerprint density at radius 3 is 2.94 bits per heavy atom. The fourth-order valence-corrected chi connectivity index (χ4v) is 2.22. The van der Waals surface area contributed by atoms with Gasteiger partial charge >= 0.3 is 0 Å². The van der Waals surface area contributed by atoms with Gasteiger partial charge in [0, 0.05) is 23.0 Å². The van der Waals surface area contributed by atoms with Crippen LogP contribution in [0.4, 0.5) is 0 Å². The molecule has 1 aromatic heterocycles. The number of nitrogens with one attached hydrogen (secondary N) is 1. The fourth-order valence-electron chi connectivity index (χ4n) is 2.00. The quantitative estimate of drug-likeness (QED) is 0.647. The molecule has 3 heteroatoms. The molecule has 0 saturated heterocycles. The van der Waals surface area contributed by atoms with Crippen molar-refractivity contribution in [1.29, 1.82) is 0 Å². The van der Waals surface area contributed by atoms with Crippen molar-refractivity contribution in [1.82, 2.24) is 10.3 Å². The van der Waals surface area contributed by atoms with Gasteiger partial charge < -0.3 is 5.32 Å². The Bertz CT molecular complexity index is 493. The van der Waals surface area contributed by atoms with Crippen LogP contribution in [0.15, 0.2) is 36.5 Å². The van der Waals surface area contributed by atoms with Crippen LogP contribution >= 0.6 is 15.9 Å². The average Bonchev–Trinajstić information content (AvgIpc) is 2.43. The second-order valence-corrected chi connectivity index (χ2v) is 5.76. The van der Waals surface area contributed by atoms with Crippen molar-refractivity contribution in [3.8, 4) is 0 Å². The molecule has 0 aliphatic heterocycles. The van der Waals surface area contributed by atoms with Gasteiger partial charge in [0.05, 0.1) is 5.52 Å². The summed E-state index contributed by atoms with van der Waals surface area (Å²) in [5.41, 5.74) is 2.38. The van der Waals surface area contributed by atoms with Crippen LogP contribution in [0.1, 0.15) is 25.3 Å². The summed E-state index contributed by atoms with van der Waals surface area (Å²) in [6.45, 7) is 4.12. The number of hydrogen-bond donors (Lipinski definition) is 1. The monoisotopic (exact) mass is 306 g/mol. The van der Waals surface area contributed by atoms with Crippen molar-refractivity contribution < 1.29 is 0 Å². The maximum atomic E-state index is 4.46. The zero-order chi connectivity index (χ0) is 12.8. The number of para-hydroxylation sites is 1. The van der Waals surface area contributed by atoms with Crippen molar-refractivity contribution in [3.63, 3.8) is 0 Å². The van der Waals surface area contributed by atoms with Crippen molar-refractivity contribution in [3.05, 3.63) is 42.1 Å². The summed E-state index contributed by atoms with van der Waals surface area (Å²) in [7, 11) is 0. The average molecular weight is 307 g/mol. The van der Waals surface area contributed by atoms with E-state index < -0.39 is 0 Å². The van der Waals surface area contributed by atoms with E-state index in [-0.39, 0.29) is 0 Å². The number of fused-ring (bicyclic) bond motifs is 1. The van der Waals surface area contributed by atoms with Gasteiger partial charge in [0.25, 0.3) is 0 Å². The molecule has 0 fully saturated rings. The van der Waals surface area contributed by atoms with E-state index in [1.54, 1.807) is 0 Å². The van der Waals surface area contributed by atoms with Crippen molar-refractivity contribution in [2.75, 3.05) is 6.54 Å². The van der Waals surface area contributed by atoms with Crippen LogP contribution < -0.4 is 5.32 Å². The molecule has 1 heterocycles. The summed E-state index contributed by atoms with van der Waals surface area (Å²) in [5, 5.41) is 4.70. The maximum absolute atomic E-state index is 4.46. The molecular formula is C15H19BrN2. The van der Waals surface area contributed by atoms with Gasteiger partial charge in [-0.1, -0.05) is 47.1 Å². The molecule has 1 aromatic carbocycles. The first-order valence-electron chi connectivity index (χ1n) is 6.48. The molecule has 0 saturated carbocycles. The fraction of sp³-hybridized carbons (Fsp3) is 0.400. The predicted octanol–water partition coefficient (Wildman–Crippen LogP) is 3.89. The van der Waals surface area contributed by atoms with E-state index in [1.807, 2.05) is 12.3 Å². The third kappa shape index (κ3) is 3.53. The Hall–Kier alpha value is -0.930. The minimum atomic E-state index is 0.621. The number of alkyl halides is 1. The van der Waals surface area contributed by atoms with Crippen molar-refractivity contribution in [2.24, 2.45) is 0 Å². The lowest BCUT2D eigenvalue weighted by Crippen LogP contribution is -2.17. The number of aromatic nitrogens is 1. The van der Waals surface area contributed by atoms with E-state index in [0.29, 0.717) is 4.83 Å². The van der Waals surface area contributed by atoms with Gasteiger partial charge in [-0.25, -0.2) is 0 Å². The molecule has 96 valence electrons. The third-order valence-corrected chi connectivity index (χ3v) is 4.21. The largest absolute Gasteiger partial charge is 0.313 e. The Balaban J connectivity index is 1.95. The number of hydrogen-bond acceptors (Lipinski definition) is 2. The molecule has 0 bridgehead atoms. The van der Waals surface area contributed by atoms with E-state index >= 15 is 0 Å². The lowest BCUT2D eigenvalue weighted by molar-refractivity contribution is 0.631. The summed E-state index contributed by atoms with van der Waals surface area (Å²) in [4.78, 5) is 5.08. The van der Waals surface area contributed by atoms with Crippen LogP contribution in [-0.4, -0.2) is 16.4 Å². The third-order valence-electron chi connectivity index (χ3n) is 3.11. The highest BCUT2D eigenvalue weighted by molar-refractivity contribution is 9.09. The molecule has 0 aliphatic carbocycles. The number of benzene rings is 1. The highest BCUT2D eigenvalue weighted by Crippen LogP contribution is 2.15. The summed E-state index contributed by atoms with van der Waals surface area (Å²) in [6.07, 6.45) is 4.20. The van der Waals surface area contributed by atoms with Gasteiger partial charge in [-0.3, -0.25) is 4.98 Å². The minimum Gasteiger partial charge on any atom is -0.313 e. The van der Waals surface area contributed by atoms with Gasteiger partial charge in [0.15, 0.2) is 0 Å². The van der Waals surface area contributed by atoms with Gasteiger partial charge in [-0.2, -0.15) is 0 Å². The second-order valence-electron chi connectivity index (χ2n) is 4.46. The molecule has 0 radical (unpaired) electrons. The molecule has 2 nitrogen and oxygen atoms in total. The lowest BCUT2D eigenvalue weighted by Gasteiger charge is -2.09. The van der Waals surface area contributed by atoms with Crippen LogP contribution in [-0.2, 0) is 6.54 Å². The summed E-state index contributed by atoms with van der Waals surface area (Å²) in [6, 6.07) is 10.4. The molecule has 0 amide bonds. The van der Waals surface area contributed by atoms with E-state index in [1.165, 1.54) is 17.4 Å². The SMILES string of the molecule is CCC(Br)CCNCc1cccc2cccnc12. The van der Waals surface area contributed by atoms with Crippen LogP contribution in [0, 0.1) is 0 Å². The van der Waals surface area contributed by atoms with Crippen LogP contribution in [0.25, 0.3) is 10.9 Å². The van der Waals surface area contributed by atoms with Crippen LogP contribution in [0.3, 0.4) is 0 Å². The lowest BCUT2D eigenvalue weighted by atomic mass is 10.1. The summed E-state index contributed by atoms with van der Waals surface area (Å²) >= 11 is 3.65. The highest BCUT2D eigenvalue weighted by Gasteiger charge is 2.02. The highest BCUT2D eigenvalue weighted by atomic mass is 79.9. The number of halogens is 1. The first-order valence-corrected chi connectivity index (χ1v) is 7.40. The Kier molecular flexibility index (Phi) is 5.14. The molecule has 1 atom stereocenters. The molecule has 1 N–H and O–H groups in total. The van der Waals surface area contributed by atoms with Gasteiger partial charge in [0.2, 0.25) is 0 Å². The van der Waals surface area contributed by atoms with E-state index in [2.05, 4.69) is 57.4 Å². The molecule has 0 spiro atoms. The molecule has 18 heavy (non-hydrogen) atoms. The number of nitrogens with zero attached hydrogens (tertiary/aromatic N) is 1. The zero-order valence-electron chi connectivity index (χ0n) is 10.7. The van der Waals surface area contributed by atoms with Crippen molar-refractivity contribution >= 4 is 26.8 Å². The normalized spacial score (nSPS) is 12.8. The second kappa shape index (κ2) is 6.86. The number of rotatable bonds is 6. The van der Waals surface area contributed by atoms with E-state index in [0.717, 1.165) is 25.0 Å². The standard InChI is InChI=1S/C15H19BrN2/c1-2-14(16)8-10-17-11-13-6-3-5-12-7-4-9-18-15(12)13/h3-7,9,14,17H,2,8,10-11H2,1H3.